The van der Waals surface area contributed by atoms with Gasteiger partial charge in [-0.1, -0.05) is 13.8 Å². The number of nitrogens with zero attached hydrogens (tertiary/aromatic N) is 1. The maximum absolute atomic E-state index is 12.5. The van der Waals surface area contributed by atoms with Gasteiger partial charge in [-0.05, 0) is 32.6 Å². The minimum absolute atomic E-state index is 0.0203. The second-order valence-electron chi connectivity index (χ2n) is 6.53. The predicted octanol–water partition coefficient (Wildman–Crippen LogP) is -0.467. The molecule has 0 aromatic heterocycles. The molecule has 0 saturated carbocycles. The number of hydrogen-bond donors (Lipinski definition) is 3. The van der Waals surface area contributed by atoms with E-state index in [2.05, 4.69) is 10.7 Å². The van der Waals surface area contributed by atoms with Gasteiger partial charge in [0.25, 0.3) is 5.91 Å². The number of amides is 2. The Balaban J connectivity index is 2.69. The fraction of sp³-hybridized carbons (Fsp3) is 0.800. The van der Waals surface area contributed by atoms with Crippen LogP contribution in [0.5, 0.6) is 0 Å². The van der Waals surface area contributed by atoms with Gasteiger partial charge in [0.1, 0.15) is 11.6 Å². The molecule has 1 saturated heterocycles. The van der Waals surface area contributed by atoms with E-state index in [9.17, 15) is 14.4 Å². The second-order valence-corrected chi connectivity index (χ2v) is 6.53. The number of rotatable bonds is 5. The number of esters is 1. The van der Waals surface area contributed by atoms with Crippen LogP contribution in [0.2, 0.25) is 0 Å². The normalized spacial score (nSPS) is 24.0. The van der Waals surface area contributed by atoms with E-state index < -0.39 is 23.6 Å². The van der Waals surface area contributed by atoms with Crippen LogP contribution in [-0.2, 0) is 19.1 Å². The molecule has 0 aromatic rings. The summed E-state index contributed by atoms with van der Waals surface area (Å²) in [4.78, 5) is 36.3. The lowest BCUT2D eigenvalue weighted by molar-refractivity contribution is -0.157. The van der Waals surface area contributed by atoms with Gasteiger partial charge >= 0.3 is 5.97 Å². The highest BCUT2D eigenvalue weighted by atomic mass is 16.5. The second kappa shape index (κ2) is 7.74. The van der Waals surface area contributed by atoms with Crippen molar-refractivity contribution in [1.29, 1.82) is 0 Å². The molecule has 0 aliphatic carbocycles. The molecule has 0 aromatic carbocycles. The SMILES string of the molecule is COC(=O)[C@@]1(C)CCCN(C(=O)[C@H](C)NC(=O)[C@@H](N)C(C)C)N1. The molecule has 8 heteroatoms. The fourth-order valence-corrected chi connectivity index (χ4v) is 2.45. The fourth-order valence-electron chi connectivity index (χ4n) is 2.45. The summed E-state index contributed by atoms with van der Waals surface area (Å²) in [5.41, 5.74) is 7.74. The van der Waals surface area contributed by atoms with Gasteiger partial charge in [-0.25, -0.2) is 5.43 Å². The number of carbonyl (C=O) groups excluding carboxylic acids is 3. The van der Waals surface area contributed by atoms with Crippen LogP contribution < -0.4 is 16.5 Å². The van der Waals surface area contributed by atoms with Crippen LogP contribution in [0.4, 0.5) is 0 Å². The molecule has 1 aliphatic rings. The first-order valence-corrected chi connectivity index (χ1v) is 7.86. The van der Waals surface area contributed by atoms with Crippen LogP contribution in [0.25, 0.3) is 0 Å². The molecule has 0 bridgehead atoms. The average Bonchev–Trinajstić information content (AvgIpc) is 2.52. The number of nitrogens with two attached hydrogens (primary N) is 1. The topological polar surface area (TPSA) is 114 Å². The number of hydrogen-bond acceptors (Lipinski definition) is 6. The summed E-state index contributed by atoms with van der Waals surface area (Å²) in [6.45, 7) is 7.42. The first-order chi connectivity index (χ1) is 10.6. The molecule has 1 fully saturated rings. The lowest BCUT2D eigenvalue weighted by Gasteiger charge is -2.40. The summed E-state index contributed by atoms with van der Waals surface area (Å²) in [6.07, 6.45) is 1.24. The van der Waals surface area contributed by atoms with E-state index in [-0.39, 0.29) is 17.7 Å². The molecule has 0 spiro atoms. The minimum Gasteiger partial charge on any atom is -0.468 e. The largest absolute Gasteiger partial charge is 0.468 e. The molecular formula is C15H28N4O4. The van der Waals surface area contributed by atoms with Crippen molar-refractivity contribution in [3.8, 4) is 0 Å². The van der Waals surface area contributed by atoms with Gasteiger partial charge in [0.05, 0.1) is 13.2 Å². The molecule has 0 radical (unpaired) electrons. The first-order valence-electron chi connectivity index (χ1n) is 7.86. The molecule has 1 rings (SSSR count). The molecular weight excluding hydrogens is 300 g/mol. The Morgan fingerprint density at radius 3 is 2.43 bits per heavy atom. The van der Waals surface area contributed by atoms with Crippen molar-refractivity contribution >= 4 is 17.8 Å². The van der Waals surface area contributed by atoms with Crippen LogP contribution >= 0.6 is 0 Å². The van der Waals surface area contributed by atoms with Gasteiger partial charge in [0, 0.05) is 6.54 Å². The Hall–Kier alpha value is -1.67. The third-order valence-corrected chi connectivity index (χ3v) is 4.09. The maximum atomic E-state index is 12.5. The smallest absolute Gasteiger partial charge is 0.327 e. The molecule has 8 nitrogen and oxygen atoms in total. The zero-order chi connectivity index (χ0) is 17.8. The Morgan fingerprint density at radius 1 is 1.30 bits per heavy atom. The molecule has 1 heterocycles. The van der Waals surface area contributed by atoms with Gasteiger partial charge in [-0.2, -0.15) is 0 Å². The zero-order valence-corrected chi connectivity index (χ0v) is 14.5. The average molecular weight is 328 g/mol. The van der Waals surface area contributed by atoms with Crippen molar-refractivity contribution in [2.24, 2.45) is 11.7 Å². The van der Waals surface area contributed by atoms with E-state index in [0.29, 0.717) is 19.4 Å². The molecule has 0 unspecified atom stereocenters. The van der Waals surface area contributed by atoms with Crippen molar-refractivity contribution in [3.05, 3.63) is 0 Å². The van der Waals surface area contributed by atoms with Gasteiger partial charge in [0.2, 0.25) is 5.91 Å². The minimum atomic E-state index is -0.944. The molecule has 1 aliphatic heterocycles. The van der Waals surface area contributed by atoms with Gasteiger partial charge in [0.15, 0.2) is 0 Å². The highest BCUT2D eigenvalue weighted by Gasteiger charge is 2.41. The first kappa shape index (κ1) is 19.4. The summed E-state index contributed by atoms with van der Waals surface area (Å²) in [6, 6.07) is -1.40. The van der Waals surface area contributed by atoms with Crippen molar-refractivity contribution in [3.63, 3.8) is 0 Å². The number of carbonyl (C=O) groups is 3. The lowest BCUT2D eigenvalue weighted by atomic mass is 9.94. The van der Waals surface area contributed by atoms with E-state index in [4.69, 9.17) is 10.5 Å². The highest BCUT2D eigenvalue weighted by Crippen LogP contribution is 2.20. The van der Waals surface area contributed by atoms with Crippen LogP contribution in [0.3, 0.4) is 0 Å². The van der Waals surface area contributed by atoms with Crippen molar-refractivity contribution in [1.82, 2.24) is 15.8 Å². The molecule has 4 N–H and O–H groups in total. The molecule has 2 amide bonds. The molecule has 23 heavy (non-hydrogen) atoms. The van der Waals surface area contributed by atoms with Crippen molar-refractivity contribution in [2.75, 3.05) is 13.7 Å². The maximum Gasteiger partial charge on any atom is 0.327 e. The van der Waals surface area contributed by atoms with Crippen molar-refractivity contribution < 1.29 is 19.1 Å². The van der Waals surface area contributed by atoms with E-state index >= 15 is 0 Å². The summed E-state index contributed by atoms with van der Waals surface area (Å²) in [5.74, 6) is -1.13. The van der Waals surface area contributed by atoms with Crippen molar-refractivity contribution in [2.45, 2.75) is 58.2 Å². The number of ether oxygens (including phenoxy) is 1. The predicted molar refractivity (Wildman–Crippen MR) is 84.9 cm³/mol. The highest BCUT2D eigenvalue weighted by molar-refractivity contribution is 5.90. The van der Waals surface area contributed by atoms with Crippen LogP contribution in [0, 0.1) is 5.92 Å². The molecule has 3 atom stereocenters. The van der Waals surface area contributed by atoms with Gasteiger partial charge in [-0.15, -0.1) is 0 Å². The van der Waals surface area contributed by atoms with E-state index in [1.165, 1.54) is 12.1 Å². The van der Waals surface area contributed by atoms with Gasteiger partial charge in [-0.3, -0.25) is 19.4 Å². The van der Waals surface area contributed by atoms with Crippen LogP contribution in [0.15, 0.2) is 0 Å². The molecule has 132 valence electrons. The quantitative estimate of drug-likeness (QED) is 0.588. The summed E-state index contributed by atoms with van der Waals surface area (Å²) in [7, 11) is 1.31. The third kappa shape index (κ3) is 4.65. The van der Waals surface area contributed by atoms with Crippen LogP contribution in [-0.4, -0.2) is 54.1 Å². The number of methoxy groups -OCH3 is 1. The van der Waals surface area contributed by atoms with E-state index in [1.54, 1.807) is 13.8 Å². The standard InChI is InChI=1S/C15H28N4O4/c1-9(2)11(16)12(20)17-10(3)13(21)19-8-6-7-15(4,18-19)14(22)23-5/h9-11,18H,6-8,16H2,1-5H3,(H,17,20)/t10-,11-,15+/m0/s1. The lowest BCUT2D eigenvalue weighted by Crippen LogP contribution is -2.65. The third-order valence-electron chi connectivity index (χ3n) is 4.09. The summed E-state index contributed by atoms with van der Waals surface area (Å²) < 4.78 is 4.78. The van der Waals surface area contributed by atoms with Crippen LogP contribution in [0.1, 0.15) is 40.5 Å². The van der Waals surface area contributed by atoms with E-state index in [1.807, 2.05) is 13.8 Å². The Morgan fingerprint density at radius 2 is 1.91 bits per heavy atom. The van der Waals surface area contributed by atoms with Gasteiger partial charge < -0.3 is 15.8 Å². The Labute approximate surface area is 137 Å². The number of nitrogens with one attached hydrogen (secondary N) is 2. The van der Waals surface area contributed by atoms with E-state index in [0.717, 1.165) is 0 Å². The Kier molecular flexibility index (Phi) is 6.52. The Bertz CT molecular complexity index is 468. The number of hydrazine groups is 1. The zero-order valence-electron chi connectivity index (χ0n) is 14.5. The monoisotopic (exact) mass is 328 g/mol. The summed E-state index contributed by atoms with van der Waals surface area (Å²) >= 11 is 0. The summed E-state index contributed by atoms with van der Waals surface area (Å²) in [5, 5.41) is 3.98.